The van der Waals surface area contributed by atoms with Gasteiger partial charge >= 0.3 is 0 Å². The van der Waals surface area contributed by atoms with Gasteiger partial charge in [-0.2, -0.15) is 0 Å². The minimum atomic E-state index is 0.728. The van der Waals surface area contributed by atoms with E-state index in [0.29, 0.717) is 0 Å². The highest BCUT2D eigenvalue weighted by Gasteiger charge is 2.21. The van der Waals surface area contributed by atoms with Crippen molar-refractivity contribution >= 4 is 22.1 Å². The molecule has 0 saturated carbocycles. The highest BCUT2D eigenvalue weighted by Crippen LogP contribution is 2.36. The second-order valence-electron chi connectivity index (χ2n) is 6.45. The van der Waals surface area contributed by atoms with E-state index in [9.17, 15) is 0 Å². The fourth-order valence-electron chi connectivity index (χ4n) is 3.30. The predicted octanol–water partition coefficient (Wildman–Crippen LogP) is 4.65. The molecule has 0 radical (unpaired) electrons. The summed E-state index contributed by atoms with van der Waals surface area (Å²) in [6, 6.07) is 12.9. The number of benzene rings is 1. The van der Waals surface area contributed by atoms with E-state index in [1.54, 1.807) is 0 Å². The molecule has 0 atom stereocenters. The van der Waals surface area contributed by atoms with Crippen molar-refractivity contribution in [3.8, 4) is 11.3 Å². The van der Waals surface area contributed by atoms with Crippen LogP contribution in [-0.2, 0) is 13.5 Å². The van der Waals surface area contributed by atoms with Crippen LogP contribution in [0.15, 0.2) is 47.0 Å². The number of aryl methyl sites for hydroxylation is 4. The maximum atomic E-state index is 6.23. The largest absolute Gasteiger partial charge is 0.437 e. The van der Waals surface area contributed by atoms with E-state index in [1.165, 1.54) is 11.1 Å². The fourth-order valence-corrected chi connectivity index (χ4v) is 3.30. The van der Waals surface area contributed by atoms with E-state index < -0.39 is 0 Å². The summed E-state index contributed by atoms with van der Waals surface area (Å²) in [6.07, 6.45) is 3.00. The number of hydrogen-bond acceptors (Lipinski definition) is 2. The number of rotatable bonds is 2. The molecule has 1 aromatic carbocycles. The fraction of sp³-hybridized carbons (Fsp3) is 0.238. The van der Waals surface area contributed by atoms with Gasteiger partial charge in [-0.25, -0.2) is 9.55 Å². The predicted molar refractivity (Wildman–Crippen MR) is 97.0 cm³/mol. The minimum Gasteiger partial charge on any atom is -0.437 e. The average molecular weight is 317 g/mol. The summed E-state index contributed by atoms with van der Waals surface area (Å²) < 4.78 is 8.38. The van der Waals surface area contributed by atoms with Gasteiger partial charge in [0.1, 0.15) is 7.05 Å². The lowest BCUT2D eigenvalue weighted by Gasteiger charge is -2.06. The Labute approximate surface area is 141 Å². The topological polar surface area (TPSA) is 29.9 Å². The minimum absolute atomic E-state index is 0.728. The molecule has 3 aromatic heterocycles. The lowest BCUT2D eigenvalue weighted by molar-refractivity contribution is -0.660. The normalized spacial score (nSPS) is 11.5. The molecule has 0 fully saturated rings. The summed E-state index contributed by atoms with van der Waals surface area (Å²) in [6.45, 7) is 6.36. The zero-order valence-corrected chi connectivity index (χ0v) is 14.6. The van der Waals surface area contributed by atoms with Gasteiger partial charge in [-0.3, -0.25) is 0 Å². The van der Waals surface area contributed by atoms with Crippen LogP contribution in [0.3, 0.4) is 0 Å². The molecule has 4 rings (SSSR count). The first-order chi connectivity index (χ1) is 11.6. The van der Waals surface area contributed by atoms with Gasteiger partial charge in [0.25, 0.3) is 0 Å². The lowest BCUT2D eigenvalue weighted by atomic mass is 10.00. The van der Waals surface area contributed by atoms with Crippen LogP contribution < -0.4 is 4.57 Å². The molecule has 0 unspecified atom stereocenters. The zero-order chi connectivity index (χ0) is 16.8. The van der Waals surface area contributed by atoms with Gasteiger partial charge in [0.05, 0.1) is 5.56 Å². The van der Waals surface area contributed by atoms with Crippen molar-refractivity contribution in [2.75, 3.05) is 0 Å². The summed E-state index contributed by atoms with van der Waals surface area (Å²) in [5.41, 5.74) is 7.46. The Morgan fingerprint density at radius 2 is 1.83 bits per heavy atom. The van der Waals surface area contributed by atoms with Crippen molar-refractivity contribution in [2.24, 2.45) is 7.05 Å². The number of nitrogens with zero attached hydrogens (tertiary/aromatic N) is 2. The van der Waals surface area contributed by atoms with Crippen molar-refractivity contribution in [1.82, 2.24) is 4.98 Å². The van der Waals surface area contributed by atoms with Gasteiger partial charge in [0.15, 0.2) is 11.8 Å². The summed E-state index contributed by atoms with van der Waals surface area (Å²) in [7, 11) is 2.07. The molecule has 3 nitrogen and oxygen atoms in total. The number of pyridine rings is 2. The third-order valence-corrected chi connectivity index (χ3v) is 4.70. The summed E-state index contributed by atoms with van der Waals surface area (Å²) in [5, 5.41) is 2.21. The molecule has 0 aliphatic carbocycles. The second-order valence-corrected chi connectivity index (χ2v) is 6.45. The molecule has 0 aliphatic heterocycles. The maximum absolute atomic E-state index is 6.23. The molecule has 3 heteroatoms. The van der Waals surface area contributed by atoms with E-state index in [4.69, 9.17) is 4.42 Å². The highest BCUT2D eigenvalue weighted by atomic mass is 16.3. The van der Waals surface area contributed by atoms with Crippen molar-refractivity contribution in [3.05, 3.63) is 59.4 Å². The standard InChI is InChI=1S/C21H21N2O/c1-5-15-7-9-17-16-8-6-14(3)19(20(16)24-21(17)22-15)18-12-13(2)10-11-23(18)4/h6-12H,5H2,1-4H3/q+1. The number of furan rings is 1. The summed E-state index contributed by atoms with van der Waals surface area (Å²) >= 11 is 0. The summed E-state index contributed by atoms with van der Waals surface area (Å²) in [5.74, 6) is 0. The van der Waals surface area contributed by atoms with E-state index >= 15 is 0 Å². The van der Waals surface area contributed by atoms with Gasteiger partial charge in [-0.15, -0.1) is 0 Å². The Morgan fingerprint density at radius 3 is 2.62 bits per heavy atom. The van der Waals surface area contributed by atoms with Crippen LogP contribution in [0.25, 0.3) is 33.3 Å². The number of fused-ring (bicyclic) bond motifs is 3. The van der Waals surface area contributed by atoms with E-state index in [2.05, 4.69) is 80.0 Å². The Balaban J connectivity index is 2.11. The second kappa shape index (κ2) is 5.45. The number of hydrogen-bond donors (Lipinski definition) is 0. The molecule has 120 valence electrons. The Bertz CT molecular complexity index is 1080. The molecule has 0 amide bonds. The molecule has 24 heavy (non-hydrogen) atoms. The quantitative estimate of drug-likeness (QED) is 0.504. The molecule has 0 N–H and O–H groups in total. The van der Waals surface area contributed by atoms with Gasteiger partial charge in [-0.1, -0.05) is 19.1 Å². The Kier molecular flexibility index (Phi) is 3.38. The van der Waals surface area contributed by atoms with Crippen LogP contribution >= 0.6 is 0 Å². The molecule has 4 aromatic rings. The molecule has 0 saturated heterocycles. The van der Waals surface area contributed by atoms with Gasteiger partial charge in [0, 0.05) is 28.6 Å². The Morgan fingerprint density at radius 1 is 1.04 bits per heavy atom. The van der Waals surface area contributed by atoms with Gasteiger partial charge < -0.3 is 4.42 Å². The third kappa shape index (κ3) is 2.20. The molecule has 0 bridgehead atoms. The van der Waals surface area contributed by atoms with E-state index in [0.717, 1.165) is 45.4 Å². The number of aromatic nitrogens is 2. The Hall–Kier alpha value is -2.68. The summed E-state index contributed by atoms with van der Waals surface area (Å²) in [4.78, 5) is 4.66. The SMILES string of the molecule is CCc1ccc2c(n1)oc1c(-c3cc(C)cc[n+]3C)c(C)ccc12. The van der Waals surface area contributed by atoms with Gasteiger partial charge in [0.2, 0.25) is 11.4 Å². The third-order valence-electron chi connectivity index (χ3n) is 4.70. The van der Waals surface area contributed by atoms with Crippen LogP contribution in [0.5, 0.6) is 0 Å². The lowest BCUT2D eigenvalue weighted by Crippen LogP contribution is -2.30. The van der Waals surface area contributed by atoms with Crippen molar-refractivity contribution < 1.29 is 8.98 Å². The van der Waals surface area contributed by atoms with Crippen molar-refractivity contribution in [3.63, 3.8) is 0 Å². The van der Waals surface area contributed by atoms with Crippen LogP contribution in [0.2, 0.25) is 0 Å². The monoisotopic (exact) mass is 317 g/mol. The molecule has 3 heterocycles. The highest BCUT2D eigenvalue weighted by molar-refractivity contribution is 6.08. The van der Waals surface area contributed by atoms with E-state index in [-0.39, 0.29) is 0 Å². The average Bonchev–Trinajstić information content (AvgIpc) is 2.94. The first-order valence-corrected chi connectivity index (χ1v) is 8.37. The molecule has 0 aliphatic rings. The van der Waals surface area contributed by atoms with Crippen LogP contribution in [0.1, 0.15) is 23.7 Å². The molecule has 0 spiro atoms. The zero-order valence-electron chi connectivity index (χ0n) is 14.6. The van der Waals surface area contributed by atoms with Crippen molar-refractivity contribution in [1.29, 1.82) is 0 Å². The van der Waals surface area contributed by atoms with Crippen LogP contribution in [-0.4, -0.2) is 4.98 Å². The van der Waals surface area contributed by atoms with Crippen LogP contribution in [0.4, 0.5) is 0 Å². The smallest absolute Gasteiger partial charge is 0.227 e. The van der Waals surface area contributed by atoms with E-state index in [1.807, 2.05) is 0 Å². The first kappa shape index (κ1) is 14.9. The molecular formula is C21H21N2O+. The van der Waals surface area contributed by atoms with Gasteiger partial charge in [-0.05, 0) is 43.5 Å². The maximum Gasteiger partial charge on any atom is 0.227 e. The van der Waals surface area contributed by atoms with Crippen molar-refractivity contribution in [2.45, 2.75) is 27.2 Å². The first-order valence-electron chi connectivity index (χ1n) is 8.37. The van der Waals surface area contributed by atoms with Crippen LogP contribution in [0, 0.1) is 13.8 Å². The molecular weight excluding hydrogens is 296 g/mol.